The highest BCUT2D eigenvalue weighted by atomic mass is 35.5. The number of halogens is 1. The van der Waals surface area contributed by atoms with Crippen LogP contribution in [0.15, 0.2) is 23.3 Å². The molecule has 1 aromatic rings. The summed E-state index contributed by atoms with van der Waals surface area (Å²) in [5.74, 6) is 1.79. The number of rotatable bonds is 8. The van der Waals surface area contributed by atoms with Crippen molar-refractivity contribution in [3.05, 3.63) is 23.4 Å². The van der Waals surface area contributed by atoms with Gasteiger partial charge in [-0.25, -0.2) is 4.98 Å². The van der Waals surface area contributed by atoms with Crippen LogP contribution in [-0.2, 0) is 0 Å². The van der Waals surface area contributed by atoms with Crippen LogP contribution in [0, 0.1) is 0 Å². The van der Waals surface area contributed by atoms with E-state index in [9.17, 15) is 0 Å². The van der Waals surface area contributed by atoms with Crippen molar-refractivity contribution < 1.29 is 0 Å². The van der Waals surface area contributed by atoms with Gasteiger partial charge in [0, 0.05) is 44.5 Å². The SMILES string of the molecule is CCNC(=NCCN(CC)C1CC1)NC1CCN(c2ncccc2Cl)C1. The Bertz CT molecular complexity index is 603. The van der Waals surface area contributed by atoms with Crippen molar-refractivity contribution in [2.24, 2.45) is 4.99 Å². The number of hydrogen-bond donors (Lipinski definition) is 2. The molecule has 2 aliphatic rings. The second kappa shape index (κ2) is 9.42. The van der Waals surface area contributed by atoms with Crippen molar-refractivity contribution in [1.29, 1.82) is 0 Å². The van der Waals surface area contributed by atoms with Gasteiger partial charge in [0.05, 0.1) is 11.6 Å². The van der Waals surface area contributed by atoms with Crippen molar-refractivity contribution in [3.8, 4) is 0 Å². The first-order chi connectivity index (χ1) is 12.7. The van der Waals surface area contributed by atoms with Crippen LogP contribution in [0.25, 0.3) is 0 Å². The second-order valence-corrected chi connectivity index (χ2v) is 7.41. The summed E-state index contributed by atoms with van der Waals surface area (Å²) in [6.07, 6.45) is 5.56. The van der Waals surface area contributed by atoms with Gasteiger partial charge in [-0.1, -0.05) is 18.5 Å². The van der Waals surface area contributed by atoms with E-state index in [0.29, 0.717) is 11.1 Å². The van der Waals surface area contributed by atoms with E-state index in [2.05, 4.69) is 39.3 Å². The molecule has 0 aromatic carbocycles. The summed E-state index contributed by atoms with van der Waals surface area (Å²) in [5.41, 5.74) is 0. The van der Waals surface area contributed by atoms with Crippen LogP contribution in [-0.4, -0.2) is 67.2 Å². The Hall–Kier alpha value is -1.53. The molecule has 6 nitrogen and oxygen atoms in total. The molecule has 1 aliphatic heterocycles. The maximum absolute atomic E-state index is 6.28. The number of aliphatic imine (C=N–C) groups is 1. The molecule has 1 aliphatic carbocycles. The van der Waals surface area contributed by atoms with Gasteiger partial charge in [0.15, 0.2) is 5.96 Å². The highest BCUT2D eigenvalue weighted by Crippen LogP contribution is 2.26. The van der Waals surface area contributed by atoms with Crippen LogP contribution >= 0.6 is 11.6 Å². The standard InChI is InChI=1S/C19H31ClN6/c1-3-21-19(23-11-13-25(4-2)16-7-8-16)24-15-9-12-26(14-15)18-17(20)6-5-10-22-18/h5-6,10,15-16H,3-4,7-9,11-14H2,1-2H3,(H2,21,23,24). The van der Waals surface area contributed by atoms with Crippen molar-refractivity contribution >= 4 is 23.4 Å². The number of aromatic nitrogens is 1. The molecule has 7 heteroatoms. The average Bonchev–Trinajstić information content (AvgIpc) is 3.38. The van der Waals surface area contributed by atoms with Crippen molar-refractivity contribution in [3.63, 3.8) is 0 Å². The van der Waals surface area contributed by atoms with E-state index in [1.807, 2.05) is 12.1 Å². The minimum absolute atomic E-state index is 0.358. The van der Waals surface area contributed by atoms with Gasteiger partial charge in [0.25, 0.3) is 0 Å². The zero-order valence-corrected chi connectivity index (χ0v) is 16.7. The first kappa shape index (κ1) is 19.2. The Morgan fingerprint density at radius 3 is 2.92 bits per heavy atom. The lowest BCUT2D eigenvalue weighted by Crippen LogP contribution is -2.45. The van der Waals surface area contributed by atoms with E-state index in [-0.39, 0.29) is 0 Å². The Morgan fingerprint density at radius 1 is 1.38 bits per heavy atom. The molecule has 1 atom stereocenters. The van der Waals surface area contributed by atoms with Crippen LogP contribution < -0.4 is 15.5 Å². The lowest BCUT2D eigenvalue weighted by molar-refractivity contribution is 0.286. The van der Waals surface area contributed by atoms with Crippen molar-refractivity contribution in [2.45, 2.75) is 45.2 Å². The first-order valence-electron chi connectivity index (χ1n) is 9.85. The maximum atomic E-state index is 6.28. The summed E-state index contributed by atoms with van der Waals surface area (Å²) in [6, 6.07) is 4.93. The van der Waals surface area contributed by atoms with Crippen LogP contribution in [0.4, 0.5) is 5.82 Å². The molecule has 0 radical (unpaired) electrons. The normalized spacial score (nSPS) is 20.7. The summed E-state index contributed by atoms with van der Waals surface area (Å²) in [4.78, 5) is 14.0. The third kappa shape index (κ3) is 5.24. The number of guanidine groups is 1. The van der Waals surface area contributed by atoms with Crippen molar-refractivity contribution in [2.75, 3.05) is 44.2 Å². The fourth-order valence-electron chi connectivity index (χ4n) is 3.52. The molecular weight excluding hydrogens is 348 g/mol. The number of anilines is 1. The Morgan fingerprint density at radius 2 is 2.23 bits per heavy atom. The smallest absolute Gasteiger partial charge is 0.191 e. The molecule has 1 aromatic heterocycles. The monoisotopic (exact) mass is 378 g/mol. The third-order valence-electron chi connectivity index (χ3n) is 5.04. The first-order valence-corrected chi connectivity index (χ1v) is 10.2. The molecule has 2 heterocycles. The zero-order valence-electron chi connectivity index (χ0n) is 15.9. The van der Waals surface area contributed by atoms with Gasteiger partial charge in [-0.05, 0) is 44.9 Å². The van der Waals surface area contributed by atoms with Crippen LogP contribution in [0.5, 0.6) is 0 Å². The molecule has 1 saturated heterocycles. The summed E-state index contributed by atoms with van der Waals surface area (Å²) in [5, 5.41) is 7.67. The summed E-state index contributed by atoms with van der Waals surface area (Å²) < 4.78 is 0. The van der Waals surface area contributed by atoms with Crippen LogP contribution in [0.3, 0.4) is 0 Å². The largest absolute Gasteiger partial charge is 0.357 e. The van der Waals surface area contributed by atoms with Gasteiger partial charge < -0.3 is 15.5 Å². The van der Waals surface area contributed by atoms with Crippen LogP contribution in [0.1, 0.15) is 33.1 Å². The Labute approximate surface area is 162 Å². The quantitative estimate of drug-likeness (QED) is 0.537. The van der Waals surface area contributed by atoms with Gasteiger partial charge in [-0.3, -0.25) is 9.89 Å². The fraction of sp³-hybridized carbons (Fsp3) is 0.684. The third-order valence-corrected chi connectivity index (χ3v) is 5.33. The Kier molecular flexibility index (Phi) is 6.97. The van der Waals surface area contributed by atoms with Gasteiger partial charge in [-0.15, -0.1) is 0 Å². The second-order valence-electron chi connectivity index (χ2n) is 7.01. The molecule has 1 unspecified atom stereocenters. The lowest BCUT2D eigenvalue weighted by Gasteiger charge is -2.21. The van der Waals surface area contributed by atoms with Crippen LogP contribution in [0.2, 0.25) is 5.02 Å². The molecule has 26 heavy (non-hydrogen) atoms. The summed E-state index contributed by atoms with van der Waals surface area (Å²) >= 11 is 6.28. The Balaban J connectivity index is 1.51. The number of likely N-dealkylation sites (N-methyl/N-ethyl adjacent to an activating group) is 1. The number of hydrogen-bond acceptors (Lipinski definition) is 4. The predicted octanol–water partition coefficient (Wildman–Crippen LogP) is 2.35. The van der Waals surface area contributed by atoms with Gasteiger partial charge in [0.2, 0.25) is 0 Å². The van der Waals surface area contributed by atoms with E-state index in [0.717, 1.165) is 63.5 Å². The van der Waals surface area contributed by atoms with Gasteiger partial charge in [-0.2, -0.15) is 0 Å². The molecule has 2 fully saturated rings. The molecular formula is C19H31ClN6. The highest BCUT2D eigenvalue weighted by molar-refractivity contribution is 6.32. The molecule has 0 amide bonds. The molecule has 2 N–H and O–H groups in total. The number of nitrogens with one attached hydrogen (secondary N) is 2. The van der Waals surface area contributed by atoms with E-state index in [4.69, 9.17) is 16.6 Å². The topological polar surface area (TPSA) is 55.8 Å². The summed E-state index contributed by atoms with van der Waals surface area (Å²) in [7, 11) is 0. The van der Waals surface area contributed by atoms with Crippen molar-refractivity contribution in [1.82, 2.24) is 20.5 Å². The van der Waals surface area contributed by atoms with E-state index in [1.54, 1.807) is 6.20 Å². The number of nitrogens with zero attached hydrogens (tertiary/aromatic N) is 4. The highest BCUT2D eigenvalue weighted by Gasteiger charge is 2.27. The van der Waals surface area contributed by atoms with Gasteiger partial charge in [0.1, 0.15) is 5.82 Å². The summed E-state index contributed by atoms with van der Waals surface area (Å²) in [6.45, 7) is 10.1. The molecule has 3 rings (SSSR count). The molecule has 0 spiro atoms. The van der Waals surface area contributed by atoms with E-state index >= 15 is 0 Å². The molecule has 144 valence electrons. The lowest BCUT2D eigenvalue weighted by atomic mass is 10.3. The van der Waals surface area contributed by atoms with E-state index in [1.165, 1.54) is 12.8 Å². The molecule has 1 saturated carbocycles. The fourth-order valence-corrected chi connectivity index (χ4v) is 3.76. The molecule has 0 bridgehead atoms. The average molecular weight is 379 g/mol. The minimum Gasteiger partial charge on any atom is -0.357 e. The van der Waals surface area contributed by atoms with E-state index < -0.39 is 0 Å². The maximum Gasteiger partial charge on any atom is 0.191 e. The number of pyridine rings is 1. The van der Waals surface area contributed by atoms with Gasteiger partial charge >= 0.3 is 0 Å². The predicted molar refractivity (Wildman–Crippen MR) is 109 cm³/mol. The zero-order chi connectivity index (χ0) is 18.4. The minimum atomic E-state index is 0.358.